The molecular weight excluding hydrogens is 348 g/mol. The standard InChI is InChI=1S/C20H38O5Si/c1-5-23-26(24-16-14-19(4)25-26)17-13-11-9-7-6-8-10-12-15-22-20(21)18(2)3/h19H,2,5-17H2,1,3-4H3. The van der Waals surface area contributed by atoms with E-state index in [2.05, 4.69) is 13.5 Å². The van der Waals surface area contributed by atoms with Crippen LogP contribution in [-0.4, -0.2) is 40.7 Å². The zero-order valence-electron chi connectivity index (χ0n) is 17.0. The highest BCUT2D eigenvalue weighted by Crippen LogP contribution is 2.26. The summed E-state index contributed by atoms with van der Waals surface area (Å²) in [7, 11) is -2.40. The largest absolute Gasteiger partial charge is 0.501 e. The molecule has 0 aliphatic carbocycles. The van der Waals surface area contributed by atoms with Crippen molar-refractivity contribution in [1.29, 1.82) is 0 Å². The highest BCUT2D eigenvalue weighted by atomic mass is 28.4. The smallest absolute Gasteiger partial charge is 0.462 e. The summed E-state index contributed by atoms with van der Waals surface area (Å²) in [4.78, 5) is 11.2. The maximum atomic E-state index is 11.2. The summed E-state index contributed by atoms with van der Waals surface area (Å²) in [6.45, 7) is 11.3. The second kappa shape index (κ2) is 13.5. The van der Waals surface area contributed by atoms with Gasteiger partial charge in [-0.1, -0.05) is 45.1 Å². The van der Waals surface area contributed by atoms with Crippen LogP contribution in [-0.2, 0) is 22.8 Å². The molecule has 0 N–H and O–H groups in total. The fourth-order valence-corrected chi connectivity index (χ4v) is 5.98. The summed E-state index contributed by atoms with van der Waals surface area (Å²) in [5.74, 6) is -0.279. The Labute approximate surface area is 160 Å². The lowest BCUT2D eigenvalue weighted by Gasteiger charge is -2.36. The van der Waals surface area contributed by atoms with Crippen molar-refractivity contribution >= 4 is 14.8 Å². The number of hydrogen-bond donors (Lipinski definition) is 0. The first-order chi connectivity index (χ1) is 12.5. The third-order valence-corrected chi connectivity index (χ3v) is 7.65. The molecule has 5 nitrogen and oxygen atoms in total. The van der Waals surface area contributed by atoms with E-state index >= 15 is 0 Å². The molecule has 0 aromatic carbocycles. The normalized spacial score (nSPS) is 23.0. The van der Waals surface area contributed by atoms with Gasteiger partial charge in [0.1, 0.15) is 0 Å². The molecule has 1 saturated heterocycles. The molecule has 1 heterocycles. The van der Waals surface area contributed by atoms with Crippen LogP contribution in [0.5, 0.6) is 0 Å². The average Bonchev–Trinajstić information content (AvgIpc) is 2.59. The number of esters is 1. The predicted octanol–water partition coefficient (Wildman–Crippen LogP) is 5.03. The minimum absolute atomic E-state index is 0.261. The van der Waals surface area contributed by atoms with E-state index in [4.69, 9.17) is 18.0 Å². The Balaban J connectivity index is 1.98. The first-order valence-electron chi connectivity index (χ1n) is 10.3. The lowest BCUT2D eigenvalue weighted by molar-refractivity contribution is -0.139. The minimum Gasteiger partial charge on any atom is -0.462 e. The third kappa shape index (κ3) is 9.85. The molecule has 0 amide bonds. The van der Waals surface area contributed by atoms with Crippen LogP contribution in [0, 0.1) is 0 Å². The Bertz CT molecular complexity index is 411. The second-order valence-electron chi connectivity index (χ2n) is 7.18. The molecule has 1 fully saturated rings. The van der Waals surface area contributed by atoms with Gasteiger partial charge >= 0.3 is 14.8 Å². The first kappa shape index (κ1) is 23.3. The maximum absolute atomic E-state index is 11.2. The quantitative estimate of drug-likeness (QED) is 0.181. The van der Waals surface area contributed by atoms with Gasteiger partial charge in [0.15, 0.2) is 0 Å². The fraction of sp³-hybridized carbons (Fsp3) is 0.850. The van der Waals surface area contributed by atoms with Crippen LogP contribution in [0.4, 0.5) is 0 Å². The molecule has 2 unspecified atom stereocenters. The topological polar surface area (TPSA) is 54.0 Å². The van der Waals surface area contributed by atoms with Crippen LogP contribution in [0.1, 0.15) is 78.6 Å². The van der Waals surface area contributed by atoms with E-state index in [1.54, 1.807) is 6.92 Å². The number of unbranched alkanes of at least 4 members (excludes halogenated alkanes) is 7. The number of hydrogen-bond acceptors (Lipinski definition) is 5. The average molecular weight is 387 g/mol. The molecule has 0 aromatic rings. The van der Waals surface area contributed by atoms with Gasteiger partial charge in [-0.25, -0.2) is 4.79 Å². The SMILES string of the molecule is C=C(C)C(=O)OCCCCCCCCCC[Si]1(OCC)OCCC(C)O1. The van der Waals surface area contributed by atoms with Gasteiger partial charge in [-0.05, 0) is 40.0 Å². The monoisotopic (exact) mass is 386 g/mol. The summed E-state index contributed by atoms with van der Waals surface area (Å²) in [5, 5.41) is 0. The third-order valence-electron chi connectivity index (χ3n) is 4.55. The maximum Gasteiger partial charge on any atom is 0.501 e. The summed E-state index contributed by atoms with van der Waals surface area (Å²) in [6, 6.07) is 0.944. The number of carbonyl (C=O) groups is 1. The van der Waals surface area contributed by atoms with Crippen LogP contribution in [0.25, 0.3) is 0 Å². The zero-order valence-corrected chi connectivity index (χ0v) is 18.0. The van der Waals surface area contributed by atoms with Crippen molar-refractivity contribution in [3.63, 3.8) is 0 Å². The minimum atomic E-state index is -2.40. The van der Waals surface area contributed by atoms with Crippen molar-refractivity contribution in [1.82, 2.24) is 0 Å². The number of carbonyl (C=O) groups excluding carboxylic acids is 1. The Morgan fingerprint density at radius 1 is 1.12 bits per heavy atom. The van der Waals surface area contributed by atoms with Crippen molar-refractivity contribution in [2.45, 2.75) is 90.7 Å². The van der Waals surface area contributed by atoms with Gasteiger partial charge in [0, 0.05) is 30.9 Å². The molecule has 152 valence electrons. The highest BCUT2D eigenvalue weighted by Gasteiger charge is 2.44. The molecule has 1 aliphatic rings. The summed E-state index contributed by atoms with van der Waals surface area (Å²) in [6.07, 6.45) is 10.6. The van der Waals surface area contributed by atoms with Gasteiger partial charge in [-0.3, -0.25) is 0 Å². The lowest BCUT2D eigenvalue weighted by Crippen LogP contribution is -2.51. The van der Waals surface area contributed by atoms with Crippen LogP contribution in [0.15, 0.2) is 12.2 Å². The predicted molar refractivity (Wildman–Crippen MR) is 106 cm³/mol. The van der Waals surface area contributed by atoms with E-state index in [1.165, 1.54) is 32.1 Å². The molecule has 6 heteroatoms. The van der Waals surface area contributed by atoms with Gasteiger partial charge < -0.3 is 18.0 Å². The molecule has 1 aliphatic heterocycles. The van der Waals surface area contributed by atoms with Crippen LogP contribution < -0.4 is 0 Å². The van der Waals surface area contributed by atoms with Crippen LogP contribution in [0.2, 0.25) is 6.04 Å². The lowest BCUT2D eigenvalue weighted by atomic mass is 10.1. The van der Waals surface area contributed by atoms with Crippen LogP contribution >= 0.6 is 0 Å². The molecule has 1 rings (SSSR count). The molecule has 0 saturated carbocycles. The molecule has 0 radical (unpaired) electrons. The van der Waals surface area contributed by atoms with Gasteiger partial charge in [0.05, 0.1) is 6.61 Å². The highest BCUT2D eigenvalue weighted by molar-refractivity contribution is 6.60. The van der Waals surface area contributed by atoms with E-state index in [9.17, 15) is 4.79 Å². The fourth-order valence-electron chi connectivity index (χ4n) is 3.07. The van der Waals surface area contributed by atoms with E-state index in [0.29, 0.717) is 18.8 Å². The first-order valence-corrected chi connectivity index (χ1v) is 12.2. The van der Waals surface area contributed by atoms with E-state index < -0.39 is 8.80 Å². The van der Waals surface area contributed by atoms with Gasteiger partial charge in [-0.15, -0.1) is 0 Å². The van der Waals surface area contributed by atoms with E-state index in [0.717, 1.165) is 38.3 Å². The molecular formula is C20H38O5Si. The van der Waals surface area contributed by atoms with Gasteiger partial charge in [0.2, 0.25) is 0 Å². The van der Waals surface area contributed by atoms with Crippen molar-refractivity contribution < 1.29 is 22.8 Å². The van der Waals surface area contributed by atoms with Crippen molar-refractivity contribution in [3.8, 4) is 0 Å². The van der Waals surface area contributed by atoms with E-state index in [1.807, 2.05) is 6.92 Å². The Morgan fingerprint density at radius 2 is 1.73 bits per heavy atom. The Kier molecular flexibility index (Phi) is 12.1. The zero-order chi connectivity index (χ0) is 19.3. The molecule has 0 spiro atoms. The number of ether oxygens (including phenoxy) is 1. The van der Waals surface area contributed by atoms with Crippen molar-refractivity contribution in [2.75, 3.05) is 19.8 Å². The Morgan fingerprint density at radius 3 is 2.31 bits per heavy atom. The molecule has 0 aromatic heterocycles. The second-order valence-corrected chi connectivity index (χ2v) is 9.86. The molecule has 2 atom stereocenters. The summed E-state index contributed by atoms with van der Waals surface area (Å²) < 4.78 is 23.0. The molecule has 0 bridgehead atoms. The van der Waals surface area contributed by atoms with Crippen LogP contribution in [0.3, 0.4) is 0 Å². The summed E-state index contributed by atoms with van der Waals surface area (Å²) in [5.41, 5.74) is 0.470. The van der Waals surface area contributed by atoms with Gasteiger partial charge in [0.25, 0.3) is 0 Å². The summed E-state index contributed by atoms with van der Waals surface area (Å²) >= 11 is 0. The molecule has 26 heavy (non-hydrogen) atoms. The van der Waals surface area contributed by atoms with E-state index in [-0.39, 0.29) is 12.1 Å². The van der Waals surface area contributed by atoms with Crippen molar-refractivity contribution in [2.24, 2.45) is 0 Å². The number of rotatable bonds is 14. The Hall–Kier alpha value is -0.693. The van der Waals surface area contributed by atoms with Crippen molar-refractivity contribution in [3.05, 3.63) is 12.2 Å². The van der Waals surface area contributed by atoms with Gasteiger partial charge in [-0.2, -0.15) is 0 Å².